The van der Waals surface area contributed by atoms with E-state index in [0.717, 1.165) is 12.8 Å². The Labute approximate surface area is 228 Å². The van der Waals surface area contributed by atoms with E-state index < -0.39 is 19.0 Å². The molecule has 9 nitrogen and oxygen atoms in total. The first kappa shape index (κ1) is 22.1. The van der Waals surface area contributed by atoms with Crippen molar-refractivity contribution in [2.45, 2.75) is 25.4 Å². The van der Waals surface area contributed by atoms with Crippen LogP contribution in [0.25, 0.3) is 22.0 Å². The second-order valence-electron chi connectivity index (χ2n) is 9.28. The lowest BCUT2D eigenvalue weighted by molar-refractivity contribution is 0.0933. The number of benzene rings is 2. The molecule has 1 aliphatic rings. The zero-order valence-electron chi connectivity index (χ0n) is 23.3. The maximum atomic E-state index is 13.1. The maximum absolute atomic E-state index is 13.1. The van der Waals surface area contributed by atoms with Gasteiger partial charge in [0.2, 0.25) is 5.88 Å². The van der Waals surface area contributed by atoms with Gasteiger partial charge in [0.15, 0.2) is 5.69 Å². The van der Waals surface area contributed by atoms with Gasteiger partial charge in [0.05, 0.1) is 22.8 Å². The number of fused-ring (bicyclic) bond motifs is 1. The van der Waals surface area contributed by atoms with Crippen LogP contribution in [0.15, 0.2) is 54.7 Å². The number of pyridine rings is 1. The molecular weight excluding hydrogens is 506 g/mol. The highest BCUT2D eigenvalue weighted by molar-refractivity contribution is 6.30. The molecular formula is C28H28ClN5O4. The highest BCUT2D eigenvalue weighted by atomic mass is 35.5. The molecule has 1 saturated carbocycles. The topological polar surface area (TPSA) is 129 Å². The summed E-state index contributed by atoms with van der Waals surface area (Å²) in [6, 6.07) is 13.5. The van der Waals surface area contributed by atoms with Crippen molar-refractivity contribution in [3.05, 3.63) is 76.6 Å². The number of rotatable bonds is 10. The Bertz CT molecular complexity index is 1570. The number of nitrogens with zero attached hydrogens (tertiary/aromatic N) is 2. The lowest BCUT2D eigenvalue weighted by Gasteiger charge is -2.13. The number of hydrogen-bond donors (Lipinski definition) is 4. The number of aromatic amines is 1. The van der Waals surface area contributed by atoms with Crippen molar-refractivity contribution in [3.63, 3.8) is 0 Å². The number of aliphatic hydroxyl groups is 1. The third-order valence-electron chi connectivity index (χ3n) is 6.51. The molecule has 5 rings (SSSR count). The average molecular weight is 537 g/mol. The molecule has 4 N–H and O–H groups in total. The van der Waals surface area contributed by atoms with E-state index in [1.165, 1.54) is 12.3 Å². The minimum atomic E-state index is -2.82. The number of halogens is 1. The Morgan fingerprint density at radius 1 is 1.16 bits per heavy atom. The van der Waals surface area contributed by atoms with Crippen LogP contribution in [0.5, 0.6) is 5.88 Å². The van der Waals surface area contributed by atoms with Crippen LogP contribution in [0.3, 0.4) is 0 Å². The standard InChI is InChI=1S/C28H28ClN5O4/c1-38-28-22(26(36)30-11-10-24(35)17-4-7-20(29)8-5-17)12-19(15-32-28)18-6-9-21-23(13-18)33-34-25(21)27(37)31-14-16-2-3-16/h4-9,12-13,15-16,24,35H,2-3,10-11,14H2,1H3,(H,30,36)(H,31,37)(H,33,34)/t24-/m0/s1/i1D3. The number of ether oxygens (including phenoxy) is 1. The second-order valence-corrected chi connectivity index (χ2v) is 9.71. The summed E-state index contributed by atoms with van der Waals surface area (Å²) in [6.45, 7) is 0.734. The highest BCUT2D eigenvalue weighted by Crippen LogP contribution is 2.29. The monoisotopic (exact) mass is 536 g/mol. The van der Waals surface area contributed by atoms with Crippen LogP contribution in [-0.2, 0) is 0 Å². The Hall–Kier alpha value is -3.95. The van der Waals surface area contributed by atoms with Crippen LogP contribution in [-0.4, -0.2) is 52.2 Å². The van der Waals surface area contributed by atoms with Gasteiger partial charge >= 0.3 is 0 Å². The number of aliphatic hydroxyl groups excluding tert-OH is 1. The van der Waals surface area contributed by atoms with Gasteiger partial charge in [0, 0.05) is 35.3 Å². The number of amides is 2. The molecule has 2 amide bonds. The molecule has 0 spiro atoms. The number of carbonyl (C=O) groups is 2. The van der Waals surface area contributed by atoms with Crippen LogP contribution in [0.1, 0.15) is 55.9 Å². The van der Waals surface area contributed by atoms with Crippen LogP contribution in [0.2, 0.25) is 5.02 Å². The summed E-state index contributed by atoms with van der Waals surface area (Å²) >= 11 is 5.90. The van der Waals surface area contributed by atoms with Gasteiger partial charge in [0.1, 0.15) is 5.56 Å². The molecule has 1 aliphatic carbocycles. The molecule has 2 aromatic carbocycles. The Balaban J connectivity index is 1.34. The molecule has 10 heteroatoms. The van der Waals surface area contributed by atoms with Crippen LogP contribution in [0, 0.1) is 5.92 Å². The summed E-state index contributed by atoms with van der Waals surface area (Å²) in [5, 5.41) is 24.3. The van der Waals surface area contributed by atoms with Crippen molar-refractivity contribution >= 4 is 34.3 Å². The van der Waals surface area contributed by atoms with Crippen molar-refractivity contribution in [3.8, 4) is 17.0 Å². The molecule has 0 saturated heterocycles. The van der Waals surface area contributed by atoms with E-state index >= 15 is 0 Å². The van der Waals surface area contributed by atoms with Gasteiger partial charge in [-0.25, -0.2) is 4.98 Å². The number of hydrogen-bond acceptors (Lipinski definition) is 6. The van der Waals surface area contributed by atoms with E-state index in [1.54, 1.807) is 42.5 Å². The molecule has 0 unspecified atom stereocenters. The number of nitrogens with one attached hydrogen (secondary N) is 3. The summed E-state index contributed by atoms with van der Waals surface area (Å²) in [5.74, 6) is -0.662. The second kappa shape index (κ2) is 11.2. The molecule has 1 fully saturated rings. The quantitative estimate of drug-likeness (QED) is 0.239. The van der Waals surface area contributed by atoms with Gasteiger partial charge in [-0.2, -0.15) is 5.10 Å². The van der Waals surface area contributed by atoms with Gasteiger partial charge in [-0.05, 0) is 66.6 Å². The van der Waals surface area contributed by atoms with Crippen molar-refractivity contribution in [2.24, 2.45) is 5.92 Å². The van der Waals surface area contributed by atoms with E-state index in [0.29, 0.717) is 50.8 Å². The fraction of sp³-hybridized carbons (Fsp3) is 0.286. The zero-order valence-corrected chi connectivity index (χ0v) is 21.1. The summed E-state index contributed by atoms with van der Waals surface area (Å²) in [4.78, 5) is 29.8. The fourth-order valence-corrected chi connectivity index (χ4v) is 4.26. The molecule has 2 aromatic heterocycles. The van der Waals surface area contributed by atoms with Crippen molar-refractivity contribution in [2.75, 3.05) is 20.1 Å². The van der Waals surface area contributed by atoms with Crippen molar-refractivity contribution in [1.29, 1.82) is 0 Å². The summed E-state index contributed by atoms with van der Waals surface area (Å²) in [5.41, 5.74) is 2.66. The normalized spacial score (nSPS) is 15.3. The number of carbonyl (C=O) groups excluding carboxylic acids is 2. The fourth-order valence-electron chi connectivity index (χ4n) is 4.14. The number of H-pyrrole nitrogens is 1. The predicted molar refractivity (Wildman–Crippen MR) is 144 cm³/mol. The zero-order chi connectivity index (χ0) is 29.1. The van der Waals surface area contributed by atoms with E-state index in [4.69, 9.17) is 20.5 Å². The first-order chi connectivity index (χ1) is 19.6. The SMILES string of the molecule is [2H]C([2H])([2H])Oc1ncc(-c2ccc3c(C(=O)NCC4CC4)n[nH]c3c2)cc1C(=O)NCC[C@H](O)c1ccc(Cl)cc1. The smallest absolute Gasteiger partial charge is 0.272 e. The first-order valence-corrected chi connectivity index (χ1v) is 12.6. The third-order valence-corrected chi connectivity index (χ3v) is 6.76. The molecule has 0 radical (unpaired) electrons. The lowest BCUT2D eigenvalue weighted by atomic mass is 10.0. The van der Waals surface area contributed by atoms with E-state index in [9.17, 15) is 14.7 Å². The lowest BCUT2D eigenvalue weighted by Crippen LogP contribution is -2.26. The van der Waals surface area contributed by atoms with E-state index in [2.05, 4.69) is 25.8 Å². The van der Waals surface area contributed by atoms with E-state index in [1.807, 2.05) is 0 Å². The van der Waals surface area contributed by atoms with Gasteiger partial charge in [-0.3, -0.25) is 14.7 Å². The minimum absolute atomic E-state index is 0.0792. The molecule has 196 valence electrons. The Kier molecular flexibility index (Phi) is 6.51. The molecule has 0 bridgehead atoms. The molecule has 2 heterocycles. The average Bonchev–Trinajstić information content (AvgIpc) is 3.67. The van der Waals surface area contributed by atoms with Gasteiger partial charge in [-0.1, -0.05) is 29.8 Å². The molecule has 38 heavy (non-hydrogen) atoms. The van der Waals surface area contributed by atoms with Gasteiger partial charge in [-0.15, -0.1) is 0 Å². The minimum Gasteiger partial charge on any atom is -0.480 e. The highest BCUT2D eigenvalue weighted by Gasteiger charge is 2.23. The predicted octanol–water partition coefficient (Wildman–Crippen LogP) is 4.28. The van der Waals surface area contributed by atoms with Crippen LogP contribution < -0.4 is 15.4 Å². The van der Waals surface area contributed by atoms with Gasteiger partial charge in [0.25, 0.3) is 11.8 Å². The Morgan fingerprint density at radius 2 is 1.97 bits per heavy atom. The van der Waals surface area contributed by atoms with Crippen LogP contribution >= 0.6 is 11.6 Å². The van der Waals surface area contributed by atoms with E-state index in [-0.39, 0.29) is 30.3 Å². The Morgan fingerprint density at radius 3 is 2.74 bits per heavy atom. The third kappa shape index (κ3) is 5.79. The van der Waals surface area contributed by atoms with Gasteiger partial charge < -0.3 is 20.5 Å². The summed E-state index contributed by atoms with van der Waals surface area (Å²) in [7, 11) is -2.82. The number of methoxy groups -OCH3 is 1. The van der Waals surface area contributed by atoms with Crippen molar-refractivity contribution in [1.82, 2.24) is 25.8 Å². The molecule has 4 aromatic rings. The largest absolute Gasteiger partial charge is 0.480 e. The first-order valence-electron chi connectivity index (χ1n) is 13.7. The molecule has 1 atom stereocenters. The maximum Gasteiger partial charge on any atom is 0.272 e. The number of aromatic nitrogens is 3. The summed E-state index contributed by atoms with van der Waals surface area (Å²) < 4.78 is 27.4. The molecule has 0 aliphatic heterocycles. The van der Waals surface area contributed by atoms with Crippen LogP contribution in [0.4, 0.5) is 0 Å². The van der Waals surface area contributed by atoms with Crippen molar-refractivity contribution < 1.29 is 23.5 Å². The summed E-state index contributed by atoms with van der Waals surface area (Å²) in [6.07, 6.45) is 3.03.